The Hall–Kier alpha value is -0.0400. The lowest BCUT2D eigenvalue weighted by Crippen LogP contribution is -2.08. The van der Waals surface area contributed by atoms with Crippen LogP contribution in [-0.2, 0) is 15.6 Å². The fourth-order valence-electron chi connectivity index (χ4n) is 0.0839. The molecule has 1 unspecified atom stereocenters. The van der Waals surface area contributed by atoms with Crippen LogP contribution in [0.4, 0.5) is 4.48 Å². The van der Waals surface area contributed by atoms with E-state index < -0.39 is 16.6 Å². The molecule has 0 aliphatic rings. The summed E-state index contributed by atoms with van der Waals surface area (Å²) in [4.78, 5) is 0. The van der Waals surface area contributed by atoms with Gasteiger partial charge in [-0.05, 0) is 5.29 Å². The summed E-state index contributed by atoms with van der Waals surface area (Å²) in [6.07, 6.45) is 0. The van der Waals surface area contributed by atoms with Crippen LogP contribution in [0, 0.1) is 0 Å². The highest BCUT2D eigenvalue weighted by Crippen LogP contribution is 1.84. The van der Waals surface area contributed by atoms with Crippen molar-refractivity contribution in [3.8, 4) is 0 Å². The van der Waals surface area contributed by atoms with Gasteiger partial charge in [-0.2, -0.15) is 4.28 Å². The predicted molar refractivity (Wildman–Crippen MR) is 18.9 cm³/mol. The predicted octanol–water partition coefficient (Wildman–Crippen LogP) is -0.472. The molecule has 4 nitrogen and oxygen atoms in total. The monoisotopic (exact) mass is 128 g/mol. The standard InChI is InChI=1S/CH4FNO3S/c1-3(2)6-7(4)5/h1H3,(H,4,5)/p-1. The smallest absolute Gasteiger partial charge is 0.109 e. The van der Waals surface area contributed by atoms with Crippen LogP contribution in [0.25, 0.3) is 0 Å². The number of hydrogen-bond donors (Lipinski definition) is 0. The number of hydrogen-bond acceptors (Lipinski definition) is 4. The molecule has 0 radical (unpaired) electrons. The van der Waals surface area contributed by atoms with E-state index >= 15 is 0 Å². The van der Waals surface area contributed by atoms with Crippen molar-refractivity contribution in [1.82, 2.24) is 5.29 Å². The largest absolute Gasteiger partial charge is 0.748 e. The van der Waals surface area contributed by atoms with Crippen LogP contribution >= 0.6 is 0 Å². The van der Waals surface area contributed by atoms with Gasteiger partial charge in [0.25, 0.3) is 0 Å². The van der Waals surface area contributed by atoms with Gasteiger partial charge in [-0.25, -0.2) is 4.21 Å². The maximum absolute atomic E-state index is 11.2. The van der Waals surface area contributed by atoms with Crippen LogP contribution in [0.1, 0.15) is 0 Å². The van der Waals surface area contributed by atoms with Gasteiger partial charge in [0.1, 0.15) is 11.4 Å². The summed E-state index contributed by atoms with van der Waals surface area (Å²) < 4.78 is 33.1. The number of hydroxylamine groups is 1. The third-order valence-electron chi connectivity index (χ3n) is 0.164. The van der Waals surface area contributed by atoms with E-state index in [1.165, 1.54) is 0 Å². The van der Waals surface area contributed by atoms with E-state index in [0.29, 0.717) is 0 Å². The molecule has 0 aromatic heterocycles. The van der Waals surface area contributed by atoms with E-state index in [0.717, 1.165) is 7.05 Å². The van der Waals surface area contributed by atoms with Gasteiger partial charge in [0.15, 0.2) is 0 Å². The topological polar surface area (TPSA) is 52.6 Å². The summed E-state index contributed by atoms with van der Waals surface area (Å²) in [6.45, 7) is 0. The fourth-order valence-corrected chi connectivity index (χ4v) is 0.252. The molecule has 0 N–H and O–H groups in total. The van der Waals surface area contributed by atoms with E-state index in [1.807, 2.05) is 0 Å². The molecular formula is CH3FNO3S-. The molecule has 6 heteroatoms. The van der Waals surface area contributed by atoms with Gasteiger partial charge in [0.2, 0.25) is 0 Å². The van der Waals surface area contributed by atoms with Crippen molar-refractivity contribution in [2.45, 2.75) is 0 Å². The summed E-state index contributed by atoms with van der Waals surface area (Å²) in [5.74, 6) is 0. The van der Waals surface area contributed by atoms with Gasteiger partial charge in [-0.3, -0.25) is 0 Å². The van der Waals surface area contributed by atoms with Gasteiger partial charge in [0.05, 0.1) is 0 Å². The van der Waals surface area contributed by atoms with Crippen molar-refractivity contribution in [3.05, 3.63) is 0 Å². The van der Waals surface area contributed by atoms with E-state index in [4.69, 9.17) is 0 Å². The molecule has 0 spiro atoms. The quantitative estimate of drug-likeness (QED) is 0.286. The fraction of sp³-hybridized carbons (Fsp3) is 1.00. The highest BCUT2D eigenvalue weighted by molar-refractivity contribution is 7.74. The second kappa shape index (κ2) is 3.03. The third kappa shape index (κ3) is 5.96. The molecule has 0 aromatic rings. The number of rotatable bonds is 2. The summed E-state index contributed by atoms with van der Waals surface area (Å²) in [6, 6.07) is 0. The Kier molecular flexibility index (Phi) is 3.01. The molecular weight excluding hydrogens is 125 g/mol. The second-order valence-corrected chi connectivity index (χ2v) is 1.26. The first-order valence-electron chi connectivity index (χ1n) is 1.30. The zero-order valence-electron chi connectivity index (χ0n) is 3.46. The highest BCUT2D eigenvalue weighted by atomic mass is 32.2. The molecule has 0 amide bonds. The van der Waals surface area contributed by atoms with Gasteiger partial charge >= 0.3 is 0 Å². The van der Waals surface area contributed by atoms with Gasteiger partial charge < -0.3 is 4.55 Å². The molecule has 44 valence electrons. The average Bonchev–Trinajstić information content (AvgIpc) is 1.27. The van der Waals surface area contributed by atoms with E-state index in [2.05, 4.69) is 4.28 Å². The lowest BCUT2D eigenvalue weighted by atomic mass is 11.5. The zero-order chi connectivity index (χ0) is 5.86. The first-order chi connectivity index (χ1) is 3.13. The van der Waals surface area contributed by atoms with Crippen LogP contribution in [0.2, 0.25) is 0 Å². The van der Waals surface area contributed by atoms with E-state index in [9.17, 15) is 13.2 Å². The number of halogens is 1. The summed E-state index contributed by atoms with van der Waals surface area (Å²) in [7, 11) is 0.815. The van der Waals surface area contributed by atoms with Crippen LogP contribution in [0.3, 0.4) is 0 Å². The average molecular weight is 128 g/mol. The molecule has 0 fully saturated rings. The molecule has 0 aromatic carbocycles. The molecule has 0 saturated carbocycles. The summed E-state index contributed by atoms with van der Waals surface area (Å²) in [5.41, 5.74) is 0. The maximum Gasteiger partial charge on any atom is 0.109 e. The van der Waals surface area contributed by atoms with Crippen LogP contribution in [0.5, 0.6) is 0 Å². The van der Waals surface area contributed by atoms with Crippen LogP contribution in [-0.4, -0.2) is 21.1 Å². The molecule has 0 saturated heterocycles. The van der Waals surface area contributed by atoms with Gasteiger partial charge in [-0.1, -0.05) is 0 Å². The van der Waals surface area contributed by atoms with Crippen molar-refractivity contribution in [3.63, 3.8) is 0 Å². The minimum Gasteiger partial charge on any atom is -0.748 e. The SMILES string of the molecule is CN(F)OS(=O)[O-]. The van der Waals surface area contributed by atoms with Crippen molar-refractivity contribution >= 4 is 11.4 Å². The lowest BCUT2D eigenvalue weighted by Gasteiger charge is -2.04. The van der Waals surface area contributed by atoms with Gasteiger partial charge in [0, 0.05) is 7.05 Å². The Morgan fingerprint density at radius 2 is 2.43 bits per heavy atom. The number of nitrogens with zero attached hydrogens (tertiary/aromatic N) is 1. The third-order valence-corrected chi connectivity index (χ3v) is 0.491. The molecule has 7 heavy (non-hydrogen) atoms. The highest BCUT2D eigenvalue weighted by Gasteiger charge is 1.88. The van der Waals surface area contributed by atoms with Crippen molar-refractivity contribution in [2.24, 2.45) is 0 Å². The Labute approximate surface area is 42.3 Å². The summed E-state index contributed by atoms with van der Waals surface area (Å²) in [5, 5.41) is -0.414. The normalized spacial score (nSPS) is 14.9. The molecule has 0 aliphatic heterocycles. The first-order valence-corrected chi connectivity index (χ1v) is 2.30. The summed E-state index contributed by atoms with van der Waals surface area (Å²) >= 11 is -2.79. The van der Waals surface area contributed by atoms with Crippen LogP contribution < -0.4 is 0 Å². The lowest BCUT2D eigenvalue weighted by molar-refractivity contribution is -0.182. The molecule has 0 heterocycles. The molecule has 0 rings (SSSR count). The van der Waals surface area contributed by atoms with E-state index in [1.54, 1.807) is 0 Å². The second-order valence-electron chi connectivity index (χ2n) is 0.699. The van der Waals surface area contributed by atoms with Gasteiger partial charge in [-0.15, -0.1) is 4.48 Å². The molecule has 0 aliphatic carbocycles. The first kappa shape index (κ1) is 6.96. The Bertz CT molecular complexity index is 75.3. The minimum absolute atomic E-state index is 0.414. The minimum atomic E-state index is -2.79. The maximum atomic E-state index is 11.2. The Balaban J connectivity index is 3.13. The van der Waals surface area contributed by atoms with E-state index in [-0.39, 0.29) is 0 Å². The zero-order valence-corrected chi connectivity index (χ0v) is 4.27. The van der Waals surface area contributed by atoms with Crippen molar-refractivity contribution in [2.75, 3.05) is 7.05 Å². The van der Waals surface area contributed by atoms with Crippen LogP contribution in [0.15, 0.2) is 0 Å². The molecule has 0 bridgehead atoms. The Morgan fingerprint density at radius 3 is 2.43 bits per heavy atom. The Morgan fingerprint density at radius 1 is 2.00 bits per heavy atom. The van der Waals surface area contributed by atoms with Crippen molar-refractivity contribution in [1.29, 1.82) is 0 Å². The molecule has 1 atom stereocenters. The van der Waals surface area contributed by atoms with Crippen molar-refractivity contribution < 1.29 is 17.5 Å².